The van der Waals surface area contributed by atoms with Crippen LogP contribution in [0.2, 0.25) is 0 Å². The van der Waals surface area contributed by atoms with Crippen LogP contribution in [0, 0.1) is 0 Å². The molecule has 4 N–H and O–H groups in total. The van der Waals surface area contributed by atoms with Crippen molar-refractivity contribution in [1.82, 2.24) is 4.98 Å². The fourth-order valence-corrected chi connectivity index (χ4v) is 1.13. The fraction of sp³-hybridized carbons (Fsp3) is 0.333. The summed E-state index contributed by atoms with van der Waals surface area (Å²) in [6.07, 6.45) is -3.62. The quantitative estimate of drug-likeness (QED) is 0.816. The summed E-state index contributed by atoms with van der Waals surface area (Å²) in [6, 6.07) is 1.27. The lowest BCUT2D eigenvalue weighted by Gasteiger charge is -2.11. The molecule has 16 heavy (non-hydrogen) atoms. The van der Waals surface area contributed by atoms with Crippen molar-refractivity contribution < 1.29 is 18.0 Å². The van der Waals surface area contributed by atoms with Gasteiger partial charge in [-0.3, -0.25) is 9.78 Å². The maximum Gasteiger partial charge on any atom is 0.433 e. The maximum atomic E-state index is 12.2. The van der Waals surface area contributed by atoms with E-state index in [0.29, 0.717) is 5.56 Å². The van der Waals surface area contributed by atoms with Gasteiger partial charge in [0, 0.05) is 18.7 Å². The monoisotopic (exact) mass is 233 g/mol. The molecule has 1 amide bonds. The highest BCUT2D eigenvalue weighted by atomic mass is 19.4. The summed E-state index contributed by atoms with van der Waals surface area (Å²) in [4.78, 5) is 13.8. The number of amides is 1. The van der Waals surface area contributed by atoms with E-state index in [-0.39, 0.29) is 6.42 Å². The van der Waals surface area contributed by atoms with Gasteiger partial charge in [0.25, 0.3) is 0 Å². The zero-order valence-electron chi connectivity index (χ0n) is 8.16. The molecule has 0 saturated heterocycles. The van der Waals surface area contributed by atoms with Crippen molar-refractivity contribution in [2.24, 2.45) is 11.5 Å². The lowest BCUT2D eigenvalue weighted by atomic mass is 10.1. The smallest absolute Gasteiger partial charge is 0.370 e. The molecule has 88 valence electrons. The zero-order valence-corrected chi connectivity index (χ0v) is 8.16. The van der Waals surface area contributed by atoms with Crippen molar-refractivity contribution in [3.63, 3.8) is 0 Å². The number of hydrogen-bond acceptors (Lipinski definition) is 3. The summed E-state index contributed by atoms with van der Waals surface area (Å²) in [5.74, 6) is -0.618. The van der Waals surface area contributed by atoms with Crippen LogP contribution < -0.4 is 11.5 Å². The SMILES string of the molecule is NC(=O)CC(N)c1ccc(C(F)(F)F)nc1. The summed E-state index contributed by atoms with van der Waals surface area (Å²) in [5, 5.41) is 0. The van der Waals surface area contributed by atoms with E-state index in [1.165, 1.54) is 6.07 Å². The Balaban J connectivity index is 2.83. The van der Waals surface area contributed by atoms with Crippen LogP contribution in [0.3, 0.4) is 0 Å². The second-order valence-corrected chi connectivity index (χ2v) is 3.25. The number of pyridine rings is 1. The number of carbonyl (C=O) groups is 1. The number of nitrogens with two attached hydrogens (primary N) is 2. The molecule has 0 aliphatic heterocycles. The van der Waals surface area contributed by atoms with Gasteiger partial charge in [-0.2, -0.15) is 13.2 Å². The molecule has 0 spiro atoms. The second kappa shape index (κ2) is 4.48. The molecular weight excluding hydrogens is 223 g/mol. The van der Waals surface area contributed by atoms with Crippen molar-refractivity contribution in [3.05, 3.63) is 29.6 Å². The van der Waals surface area contributed by atoms with Gasteiger partial charge in [0.15, 0.2) is 0 Å². The fourth-order valence-electron chi connectivity index (χ4n) is 1.13. The lowest BCUT2D eigenvalue weighted by Crippen LogP contribution is -2.21. The summed E-state index contributed by atoms with van der Waals surface area (Å²) in [6.45, 7) is 0. The van der Waals surface area contributed by atoms with Gasteiger partial charge in [-0.1, -0.05) is 6.07 Å². The van der Waals surface area contributed by atoms with Crippen LogP contribution in [-0.4, -0.2) is 10.9 Å². The van der Waals surface area contributed by atoms with Crippen LogP contribution in [0.5, 0.6) is 0 Å². The summed E-state index contributed by atoms with van der Waals surface area (Å²) < 4.78 is 36.5. The molecular formula is C9H10F3N3O. The first kappa shape index (κ1) is 12.4. The largest absolute Gasteiger partial charge is 0.433 e. The molecule has 1 aromatic heterocycles. The Bertz CT molecular complexity index is 375. The van der Waals surface area contributed by atoms with Crippen molar-refractivity contribution in [1.29, 1.82) is 0 Å². The topological polar surface area (TPSA) is 82.0 Å². The first-order valence-electron chi connectivity index (χ1n) is 4.37. The third-order valence-electron chi connectivity index (χ3n) is 1.93. The minimum Gasteiger partial charge on any atom is -0.370 e. The highest BCUT2D eigenvalue weighted by Crippen LogP contribution is 2.27. The van der Waals surface area contributed by atoms with Gasteiger partial charge >= 0.3 is 6.18 Å². The molecule has 1 atom stereocenters. The van der Waals surface area contributed by atoms with Gasteiger partial charge in [0.05, 0.1) is 0 Å². The molecule has 0 radical (unpaired) electrons. The van der Waals surface area contributed by atoms with E-state index in [2.05, 4.69) is 4.98 Å². The van der Waals surface area contributed by atoms with Gasteiger partial charge in [-0.05, 0) is 11.6 Å². The first-order chi connectivity index (χ1) is 7.30. The van der Waals surface area contributed by atoms with Gasteiger partial charge in [-0.25, -0.2) is 0 Å². The normalized spacial score (nSPS) is 13.5. The Morgan fingerprint density at radius 1 is 1.44 bits per heavy atom. The van der Waals surface area contributed by atoms with Crippen molar-refractivity contribution in [2.75, 3.05) is 0 Å². The molecule has 0 bridgehead atoms. The molecule has 0 fully saturated rings. The highest BCUT2D eigenvalue weighted by Gasteiger charge is 2.32. The number of carbonyl (C=O) groups excluding carboxylic acids is 1. The Morgan fingerprint density at radius 2 is 2.06 bits per heavy atom. The number of primary amides is 1. The molecule has 1 aromatic rings. The van der Waals surface area contributed by atoms with Crippen LogP contribution >= 0.6 is 0 Å². The molecule has 1 heterocycles. The Labute approximate surface area is 89.4 Å². The van der Waals surface area contributed by atoms with Crippen molar-refractivity contribution >= 4 is 5.91 Å². The van der Waals surface area contributed by atoms with E-state index in [9.17, 15) is 18.0 Å². The maximum absolute atomic E-state index is 12.2. The summed E-state index contributed by atoms with van der Waals surface area (Å²) in [7, 11) is 0. The summed E-state index contributed by atoms with van der Waals surface area (Å²) >= 11 is 0. The molecule has 1 rings (SSSR count). The molecule has 4 nitrogen and oxygen atoms in total. The van der Waals surface area contributed by atoms with E-state index < -0.39 is 23.8 Å². The number of rotatable bonds is 3. The van der Waals surface area contributed by atoms with E-state index in [0.717, 1.165) is 12.3 Å². The van der Waals surface area contributed by atoms with Gasteiger partial charge < -0.3 is 11.5 Å². The average Bonchev–Trinajstić information content (AvgIpc) is 2.15. The zero-order chi connectivity index (χ0) is 12.3. The van der Waals surface area contributed by atoms with Crippen LogP contribution in [-0.2, 0) is 11.0 Å². The Hall–Kier alpha value is -1.63. The summed E-state index contributed by atoms with van der Waals surface area (Å²) in [5.41, 5.74) is 9.79. The van der Waals surface area contributed by atoms with Crippen LogP contribution in [0.4, 0.5) is 13.2 Å². The predicted molar refractivity (Wildman–Crippen MR) is 50.0 cm³/mol. The third-order valence-corrected chi connectivity index (χ3v) is 1.93. The van der Waals surface area contributed by atoms with Crippen molar-refractivity contribution in [2.45, 2.75) is 18.6 Å². The average molecular weight is 233 g/mol. The Kier molecular flexibility index (Phi) is 3.48. The molecule has 1 unspecified atom stereocenters. The van der Waals surface area contributed by atoms with E-state index >= 15 is 0 Å². The molecule has 0 aromatic carbocycles. The van der Waals surface area contributed by atoms with Gasteiger partial charge in [-0.15, -0.1) is 0 Å². The molecule has 0 aliphatic carbocycles. The van der Waals surface area contributed by atoms with Gasteiger partial charge in [0.2, 0.25) is 5.91 Å². The van der Waals surface area contributed by atoms with E-state index in [4.69, 9.17) is 11.5 Å². The number of alkyl halides is 3. The first-order valence-corrected chi connectivity index (χ1v) is 4.37. The van der Waals surface area contributed by atoms with Crippen LogP contribution in [0.15, 0.2) is 18.3 Å². The number of aromatic nitrogens is 1. The lowest BCUT2D eigenvalue weighted by molar-refractivity contribution is -0.141. The Morgan fingerprint density at radius 3 is 2.44 bits per heavy atom. The standard InChI is InChI=1S/C9H10F3N3O/c10-9(11,12)7-2-1-5(4-15-7)6(13)3-8(14)16/h1-2,4,6H,3,13H2,(H2,14,16). The van der Waals surface area contributed by atoms with Crippen LogP contribution in [0.25, 0.3) is 0 Å². The third kappa shape index (κ3) is 3.20. The number of halogens is 3. The predicted octanol–water partition coefficient (Wildman–Crippen LogP) is 0.976. The van der Waals surface area contributed by atoms with Crippen molar-refractivity contribution in [3.8, 4) is 0 Å². The van der Waals surface area contributed by atoms with Gasteiger partial charge in [0.1, 0.15) is 5.69 Å². The number of nitrogens with zero attached hydrogens (tertiary/aromatic N) is 1. The minimum atomic E-state index is -4.48. The molecule has 0 aliphatic rings. The highest BCUT2D eigenvalue weighted by molar-refractivity contribution is 5.74. The second-order valence-electron chi connectivity index (χ2n) is 3.25. The molecule has 7 heteroatoms. The van der Waals surface area contributed by atoms with Crippen LogP contribution in [0.1, 0.15) is 23.7 Å². The van der Waals surface area contributed by atoms with E-state index in [1.807, 2.05) is 0 Å². The molecule has 0 saturated carbocycles. The minimum absolute atomic E-state index is 0.132. The number of hydrogen-bond donors (Lipinski definition) is 2. The van der Waals surface area contributed by atoms with E-state index in [1.54, 1.807) is 0 Å².